The highest BCUT2D eigenvalue weighted by molar-refractivity contribution is 14.0. The van der Waals surface area contributed by atoms with Gasteiger partial charge in [0.1, 0.15) is 5.75 Å². The quantitative estimate of drug-likeness (QED) is 0.379. The summed E-state index contributed by atoms with van der Waals surface area (Å²) in [6.45, 7) is 0.427. The molecule has 0 bridgehead atoms. The van der Waals surface area contributed by atoms with Gasteiger partial charge in [0.2, 0.25) is 0 Å². The van der Waals surface area contributed by atoms with E-state index in [9.17, 15) is 4.79 Å². The Bertz CT molecular complexity index is 702. The van der Waals surface area contributed by atoms with Crippen molar-refractivity contribution >= 4 is 41.5 Å². The molecule has 0 unspecified atom stereocenters. The summed E-state index contributed by atoms with van der Waals surface area (Å²) in [5.74, 6) is 0.945. The maximum absolute atomic E-state index is 11.5. The molecule has 4 N–H and O–H groups in total. The zero-order chi connectivity index (χ0) is 16.7. The van der Waals surface area contributed by atoms with Crippen LogP contribution in [-0.4, -0.2) is 26.0 Å². The van der Waals surface area contributed by atoms with Gasteiger partial charge in [0.25, 0.3) is 5.91 Å². The van der Waals surface area contributed by atoms with Crippen LogP contribution in [0.2, 0.25) is 0 Å². The fraction of sp³-hybridized carbons (Fsp3) is 0.176. The van der Waals surface area contributed by atoms with Crippen LogP contribution in [0.1, 0.15) is 15.9 Å². The second kappa shape index (κ2) is 9.76. The summed E-state index contributed by atoms with van der Waals surface area (Å²) in [4.78, 5) is 15.7. The first-order valence-corrected chi connectivity index (χ1v) is 7.14. The molecule has 7 heteroatoms. The number of guanidine groups is 1. The van der Waals surface area contributed by atoms with Crippen LogP contribution in [0.4, 0.5) is 5.69 Å². The van der Waals surface area contributed by atoms with E-state index in [0.717, 1.165) is 17.0 Å². The fourth-order valence-electron chi connectivity index (χ4n) is 1.97. The largest absolute Gasteiger partial charge is 0.497 e. The van der Waals surface area contributed by atoms with Gasteiger partial charge in [0.15, 0.2) is 5.96 Å². The minimum atomic E-state index is -0.112. The molecule has 2 aromatic rings. The van der Waals surface area contributed by atoms with Gasteiger partial charge in [-0.05, 0) is 29.8 Å². The first-order chi connectivity index (χ1) is 11.1. The summed E-state index contributed by atoms with van der Waals surface area (Å²) in [6, 6.07) is 14.7. The Morgan fingerprint density at radius 3 is 2.54 bits per heavy atom. The second-order valence-electron chi connectivity index (χ2n) is 4.83. The summed E-state index contributed by atoms with van der Waals surface area (Å²) >= 11 is 0. The Morgan fingerprint density at radius 1 is 1.21 bits per heavy atom. The maximum atomic E-state index is 11.5. The van der Waals surface area contributed by atoms with E-state index in [2.05, 4.69) is 15.6 Å². The number of hydrogen-bond donors (Lipinski definition) is 3. The minimum absolute atomic E-state index is 0. The molecule has 24 heavy (non-hydrogen) atoms. The molecule has 0 aliphatic carbocycles. The first kappa shape index (κ1) is 19.8. The summed E-state index contributed by atoms with van der Waals surface area (Å²) in [7, 11) is 3.21. The Balaban J connectivity index is 0.00000288. The number of methoxy groups -OCH3 is 1. The van der Waals surface area contributed by atoms with E-state index in [1.165, 1.54) is 0 Å². The molecule has 6 nitrogen and oxygen atoms in total. The molecule has 0 aromatic heterocycles. The standard InChI is InChI=1S/C17H20N4O2.HI/c1-19-16(22)13-8-6-12(7-9-13)11-20-17(18)21-14-4-3-5-15(10-14)23-2;/h3-10H,11H2,1-2H3,(H,19,22)(H3,18,20,21);1H. The highest BCUT2D eigenvalue weighted by Crippen LogP contribution is 2.16. The number of carbonyl (C=O) groups is 1. The van der Waals surface area contributed by atoms with Gasteiger partial charge in [-0.25, -0.2) is 4.99 Å². The number of hydrogen-bond acceptors (Lipinski definition) is 3. The zero-order valence-electron chi connectivity index (χ0n) is 13.6. The van der Waals surface area contributed by atoms with Crippen LogP contribution in [0.3, 0.4) is 0 Å². The van der Waals surface area contributed by atoms with Gasteiger partial charge in [-0.3, -0.25) is 4.79 Å². The minimum Gasteiger partial charge on any atom is -0.497 e. The van der Waals surface area contributed by atoms with Crippen LogP contribution in [0, 0.1) is 0 Å². The highest BCUT2D eigenvalue weighted by atomic mass is 127. The molecule has 0 spiro atoms. The number of anilines is 1. The smallest absolute Gasteiger partial charge is 0.251 e. The topological polar surface area (TPSA) is 88.7 Å². The van der Waals surface area contributed by atoms with E-state index in [0.29, 0.717) is 18.1 Å². The lowest BCUT2D eigenvalue weighted by Crippen LogP contribution is -2.22. The van der Waals surface area contributed by atoms with Gasteiger partial charge in [-0.1, -0.05) is 18.2 Å². The van der Waals surface area contributed by atoms with Gasteiger partial charge >= 0.3 is 0 Å². The van der Waals surface area contributed by atoms with Crippen molar-refractivity contribution in [2.75, 3.05) is 19.5 Å². The number of nitrogens with zero attached hydrogens (tertiary/aromatic N) is 1. The number of benzene rings is 2. The van der Waals surface area contributed by atoms with Crippen LogP contribution >= 0.6 is 24.0 Å². The van der Waals surface area contributed by atoms with E-state index in [4.69, 9.17) is 10.5 Å². The maximum Gasteiger partial charge on any atom is 0.251 e. The van der Waals surface area contributed by atoms with Crippen molar-refractivity contribution in [3.8, 4) is 5.75 Å². The van der Waals surface area contributed by atoms with E-state index in [1.807, 2.05) is 36.4 Å². The van der Waals surface area contributed by atoms with Gasteiger partial charge in [0.05, 0.1) is 13.7 Å². The van der Waals surface area contributed by atoms with Crippen LogP contribution < -0.4 is 21.1 Å². The van der Waals surface area contributed by atoms with Crippen molar-refractivity contribution in [2.45, 2.75) is 6.54 Å². The zero-order valence-corrected chi connectivity index (χ0v) is 15.9. The number of aliphatic imine (C=N–C) groups is 1. The molecular formula is C17H21IN4O2. The summed E-state index contributed by atoms with van der Waals surface area (Å²) in [5, 5.41) is 5.59. The van der Waals surface area contributed by atoms with Crippen molar-refractivity contribution < 1.29 is 9.53 Å². The van der Waals surface area contributed by atoms with Crippen molar-refractivity contribution in [1.29, 1.82) is 0 Å². The van der Waals surface area contributed by atoms with Crippen molar-refractivity contribution in [1.82, 2.24) is 5.32 Å². The number of amides is 1. The Morgan fingerprint density at radius 2 is 1.92 bits per heavy atom. The molecule has 0 aliphatic heterocycles. The number of carbonyl (C=O) groups excluding carboxylic acids is 1. The van der Waals surface area contributed by atoms with Gasteiger partial charge in [-0.15, -0.1) is 24.0 Å². The molecule has 2 rings (SSSR count). The molecule has 0 fully saturated rings. The van der Waals surface area contributed by atoms with E-state index < -0.39 is 0 Å². The second-order valence-corrected chi connectivity index (χ2v) is 4.83. The SMILES string of the molecule is CNC(=O)c1ccc(CN=C(N)Nc2cccc(OC)c2)cc1.I. The van der Waals surface area contributed by atoms with Crippen molar-refractivity contribution in [2.24, 2.45) is 10.7 Å². The molecule has 1 amide bonds. The number of nitrogens with two attached hydrogens (primary N) is 1. The molecule has 128 valence electrons. The summed E-state index contributed by atoms with van der Waals surface area (Å²) in [5.41, 5.74) is 8.26. The first-order valence-electron chi connectivity index (χ1n) is 7.14. The average molecular weight is 440 g/mol. The van der Waals surface area contributed by atoms with Crippen LogP contribution in [-0.2, 0) is 6.54 Å². The Kier molecular flexibility index (Phi) is 8.03. The van der Waals surface area contributed by atoms with Gasteiger partial charge in [-0.2, -0.15) is 0 Å². The molecule has 0 saturated heterocycles. The number of halogens is 1. The number of ether oxygens (including phenoxy) is 1. The fourth-order valence-corrected chi connectivity index (χ4v) is 1.97. The predicted molar refractivity (Wildman–Crippen MR) is 107 cm³/mol. The van der Waals surface area contributed by atoms with Crippen molar-refractivity contribution in [3.63, 3.8) is 0 Å². The third kappa shape index (κ3) is 5.73. The van der Waals surface area contributed by atoms with Crippen LogP contribution in [0.15, 0.2) is 53.5 Å². The molecule has 0 radical (unpaired) electrons. The van der Waals surface area contributed by atoms with E-state index in [1.54, 1.807) is 26.3 Å². The molecule has 0 heterocycles. The van der Waals surface area contributed by atoms with Gasteiger partial charge < -0.3 is 21.1 Å². The number of nitrogens with one attached hydrogen (secondary N) is 2. The van der Waals surface area contributed by atoms with Crippen LogP contribution in [0.5, 0.6) is 5.75 Å². The highest BCUT2D eigenvalue weighted by Gasteiger charge is 2.02. The Hall–Kier alpha value is -2.29. The summed E-state index contributed by atoms with van der Waals surface area (Å²) < 4.78 is 5.15. The van der Waals surface area contributed by atoms with Crippen molar-refractivity contribution in [3.05, 3.63) is 59.7 Å². The normalized spacial score (nSPS) is 10.5. The molecule has 0 aliphatic rings. The lowest BCUT2D eigenvalue weighted by atomic mass is 10.1. The summed E-state index contributed by atoms with van der Waals surface area (Å²) in [6.07, 6.45) is 0. The monoisotopic (exact) mass is 440 g/mol. The number of rotatable bonds is 5. The lowest BCUT2D eigenvalue weighted by Gasteiger charge is -2.07. The third-order valence-electron chi connectivity index (χ3n) is 3.22. The third-order valence-corrected chi connectivity index (χ3v) is 3.22. The lowest BCUT2D eigenvalue weighted by molar-refractivity contribution is 0.0963. The van der Waals surface area contributed by atoms with E-state index in [-0.39, 0.29) is 29.9 Å². The van der Waals surface area contributed by atoms with Crippen LogP contribution in [0.25, 0.3) is 0 Å². The molecular weight excluding hydrogens is 419 g/mol. The average Bonchev–Trinajstić information content (AvgIpc) is 2.60. The van der Waals surface area contributed by atoms with E-state index >= 15 is 0 Å². The molecule has 0 saturated carbocycles. The Labute approximate surface area is 158 Å². The molecule has 0 atom stereocenters. The van der Waals surface area contributed by atoms with Gasteiger partial charge in [0, 0.05) is 24.4 Å². The molecule has 2 aromatic carbocycles. The predicted octanol–water partition coefficient (Wildman–Crippen LogP) is 2.60.